The summed E-state index contributed by atoms with van der Waals surface area (Å²) in [4.78, 5) is 0. The molecule has 0 aliphatic heterocycles. The summed E-state index contributed by atoms with van der Waals surface area (Å²) < 4.78 is 216. The van der Waals surface area contributed by atoms with Crippen molar-refractivity contribution in [3.8, 4) is 11.5 Å². The lowest BCUT2D eigenvalue weighted by molar-refractivity contribution is -0.308. The Labute approximate surface area is 189 Å². The zero-order valence-electron chi connectivity index (χ0n) is 15.8. The van der Waals surface area contributed by atoms with E-state index < -0.39 is 54.9 Å². The number of hydrogen-bond acceptors (Lipinski definition) is 6. The molecule has 4 N–H and O–H groups in total. The van der Waals surface area contributed by atoms with Gasteiger partial charge in [-0.15, -0.1) is 0 Å². The first kappa shape index (κ1) is 35.8. The molecule has 214 valence electrons. The number of hydrogen-bond donors (Lipinski definition) is 4. The van der Waals surface area contributed by atoms with Gasteiger partial charge >= 0.3 is 54.9 Å². The van der Waals surface area contributed by atoms with Crippen molar-refractivity contribution in [2.45, 2.75) is 34.7 Å². The van der Waals surface area contributed by atoms with Crippen molar-refractivity contribution in [3.63, 3.8) is 0 Å². The van der Waals surface area contributed by atoms with E-state index in [9.17, 15) is 78.3 Å². The number of alkyl halides is 14. The highest BCUT2D eigenvalue weighted by Crippen LogP contribution is 2.50. The van der Waals surface area contributed by atoms with Gasteiger partial charge in [-0.1, -0.05) is 0 Å². The van der Waals surface area contributed by atoms with Crippen LogP contribution >= 0.6 is 0 Å². The van der Waals surface area contributed by atoms with Crippen molar-refractivity contribution in [1.29, 1.82) is 0 Å². The van der Waals surface area contributed by atoms with Crippen LogP contribution in [0.5, 0.6) is 11.5 Å². The molecule has 1 rings (SSSR count). The highest BCUT2D eigenvalue weighted by Gasteiger charge is 2.81. The third-order valence-electron chi connectivity index (χ3n) is 3.02. The average Bonchev–Trinajstić information content (AvgIpc) is 2.58. The molecule has 0 spiro atoms. The van der Waals surface area contributed by atoms with Crippen molar-refractivity contribution in [1.82, 2.24) is 0 Å². The molecule has 0 saturated heterocycles. The minimum Gasteiger partial charge on any atom is -0.508 e. The van der Waals surface area contributed by atoms with Gasteiger partial charge in [0, 0.05) is 0 Å². The van der Waals surface area contributed by atoms with Crippen LogP contribution in [0.3, 0.4) is 0 Å². The first-order chi connectivity index (χ1) is 15.3. The van der Waals surface area contributed by atoms with E-state index >= 15 is 0 Å². The fraction of sp³-hybridized carbons (Fsp3) is 0.500. The van der Waals surface area contributed by atoms with E-state index in [1.807, 2.05) is 0 Å². The molecule has 0 unspecified atom stereocenters. The minimum absolute atomic E-state index is 0.169. The Morgan fingerprint density at radius 3 is 0.639 bits per heavy atom. The van der Waals surface area contributed by atoms with Gasteiger partial charge in [0.25, 0.3) is 0 Å². The first-order valence-electron chi connectivity index (χ1n) is 7.35. The van der Waals surface area contributed by atoms with Gasteiger partial charge in [0.15, 0.2) is 0 Å². The average molecular weight is 610 g/mol. The second kappa shape index (κ2) is 10.6. The van der Waals surface area contributed by atoms with Gasteiger partial charge in [-0.05, 0) is 24.3 Å². The highest BCUT2D eigenvalue weighted by molar-refractivity contribution is 7.87. The molecule has 24 heteroatoms. The lowest BCUT2D eigenvalue weighted by atomic mass is 10.3. The van der Waals surface area contributed by atoms with Gasteiger partial charge < -0.3 is 10.2 Å². The maximum absolute atomic E-state index is 12.2. The van der Waals surface area contributed by atoms with Crippen molar-refractivity contribution in [2.24, 2.45) is 0 Å². The molecule has 0 bridgehead atoms. The summed E-state index contributed by atoms with van der Waals surface area (Å²) in [5.41, 5.74) is 0. The molecule has 0 heterocycles. The maximum Gasteiger partial charge on any atom is 0.449 e. The number of benzene rings is 1. The molecule has 0 aliphatic carbocycles. The summed E-state index contributed by atoms with van der Waals surface area (Å²) in [6.45, 7) is 0. The molecular weight excluding hydrogens is 602 g/mol. The third kappa shape index (κ3) is 7.83. The summed E-state index contributed by atoms with van der Waals surface area (Å²) in [6, 6.07) is 5.70. The summed E-state index contributed by atoms with van der Waals surface area (Å²) in [5.74, 6) is 0.339. The molecule has 1 aromatic rings. The van der Waals surface area contributed by atoms with E-state index in [1.165, 1.54) is 24.3 Å². The van der Waals surface area contributed by atoms with Crippen LogP contribution in [0.1, 0.15) is 0 Å². The molecule has 0 aliphatic rings. The molecule has 0 radical (unpaired) electrons. The second-order valence-electron chi connectivity index (χ2n) is 5.65. The van der Waals surface area contributed by atoms with Crippen molar-refractivity contribution < 1.29 is 97.6 Å². The Morgan fingerprint density at radius 1 is 0.444 bits per heavy atom. The molecule has 0 aromatic heterocycles. The van der Waals surface area contributed by atoms with E-state index in [-0.39, 0.29) is 11.5 Å². The topological polar surface area (TPSA) is 149 Å². The van der Waals surface area contributed by atoms with E-state index in [1.54, 1.807) is 0 Å². The zero-order chi connectivity index (χ0) is 30.0. The summed E-state index contributed by atoms with van der Waals surface area (Å²) in [7, 11) is -14.0. The number of phenolic OH excluding ortho intramolecular Hbond substituents is 2. The Bertz CT molecular complexity index is 954. The normalized spacial score (nSPS) is 14.2. The quantitative estimate of drug-likeness (QED) is 0.219. The molecule has 0 atom stereocenters. The monoisotopic (exact) mass is 610 g/mol. The van der Waals surface area contributed by atoms with Crippen LogP contribution in [0, 0.1) is 0 Å². The summed E-state index contributed by atoms with van der Waals surface area (Å²) in [5, 5.41) is 3.97. The van der Waals surface area contributed by atoms with Crippen LogP contribution in [-0.4, -0.2) is 70.9 Å². The molecule has 36 heavy (non-hydrogen) atoms. The zero-order valence-corrected chi connectivity index (χ0v) is 17.5. The standard InChI is InChI=1S/C6H6O2.2C3HF7O3S/c7-5-1-2-6(8)4-3-5;2*4-1(2(5,6)7,3(8,9)10)14(11,12)13/h1-4,7-8H;2*(H,11,12,13). The lowest BCUT2D eigenvalue weighted by Crippen LogP contribution is -2.58. The fourth-order valence-corrected chi connectivity index (χ4v) is 2.53. The van der Waals surface area contributed by atoms with E-state index in [0.29, 0.717) is 0 Å². The predicted molar refractivity (Wildman–Crippen MR) is 84.8 cm³/mol. The van der Waals surface area contributed by atoms with Gasteiger partial charge in [-0.3, -0.25) is 9.11 Å². The molecule has 8 nitrogen and oxygen atoms in total. The van der Waals surface area contributed by atoms with Crippen LogP contribution in [0.25, 0.3) is 0 Å². The molecule has 0 saturated carbocycles. The SMILES string of the molecule is O=S(=O)(O)C(F)(C(F)(F)F)C(F)(F)F.O=S(=O)(O)C(F)(C(F)(F)F)C(F)(F)F.Oc1ccc(O)cc1. The van der Waals surface area contributed by atoms with E-state index in [0.717, 1.165) is 0 Å². The van der Waals surface area contributed by atoms with Gasteiger partial charge in [0.1, 0.15) is 11.5 Å². The largest absolute Gasteiger partial charge is 0.508 e. The van der Waals surface area contributed by atoms with Crippen LogP contribution in [-0.2, 0) is 20.2 Å². The first-order valence-corrected chi connectivity index (χ1v) is 10.2. The Balaban J connectivity index is 0. The Hall–Kier alpha value is -2.34. The van der Waals surface area contributed by atoms with Crippen LogP contribution < -0.4 is 0 Å². The molecular formula is C12H8F14O8S2. The van der Waals surface area contributed by atoms with Crippen LogP contribution in [0.4, 0.5) is 61.5 Å². The van der Waals surface area contributed by atoms with Crippen molar-refractivity contribution in [3.05, 3.63) is 24.3 Å². The highest BCUT2D eigenvalue weighted by atomic mass is 32.2. The second-order valence-corrected chi connectivity index (χ2v) is 8.67. The predicted octanol–water partition coefficient (Wildman–Crippen LogP) is 4.43. The number of aromatic hydroxyl groups is 2. The van der Waals surface area contributed by atoms with E-state index in [2.05, 4.69) is 0 Å². The van der Waals surface area contributed by atoms with Gasteiger partial charge in [-0.25, -0.2) is 8.78 Å². The lowest BCUT2D eigenvalue weighted by Gasteiger charge is -2.26. The van der Waals surface area contributed by atoms with Crippen LogP contribution in [0.2, 0.25) is 0 Å². The maximum atomic E-state index is 12.2. The van der Waals surface area contributed by atoms with Crippen LogP contribution in [0.15, 0.2) is 24.3 Å². The summed E-state index contributed by atoms with van der Waals surface area (Å²) in [6.07, 6.45) is -27.2. The Kier molecular flexibility index (Phi) is 10.5. The molecule has 0 amide bonds. The van der Waals surface area contributed by atoms with Gasteiger partial charge in [0.2, 0.25) is 0 Å². The summed E-state index contributed by atoms with van der Waals surface area (Å²) >= 11 is 0. The number of halogens is 14. The number of phenols is 2. The third-order valence-corrected chi connectivity index (χ3v) is 5.37. The van der Waals surface area contributed by atoms with Crippen molar-refractivity contribution >= 4 is 20.2 Å². The Morgan fingerprint density at radius 2 is 0.583 bits per heavy atom. The molecule has 1 aromatic carbocycles. The minimum atomic E-state index is -7.00. The fourth-order valence-electron chi connectivity index (χ4n) is 1.36. The number of rotatable bonds is 2. The van der Waals surface area contributed by atoms with Gasteiger partial charge in [0.05, 0.1) is 0 Å². The van der Waals surface area contributed by atoms with Crippen molar-refractivity contribution in [2.75, 3.05) is 0 Å². The smallest absolute Gasteiger partial charge is 0.449 e. The molecule has 0 fully saturated rings. The van der Waals surface area contributed by atoms with Gasteiger partial charge in [-0.2, -0.15) is 69.5 Å². The van der Waals surface area contributed by atoms with E-state index in [4.69, 9.17) is 19.3 Å².